The minimum atomic E-state index is -0.409. The quantitative estimate of drug-likeness (QED) is 0.412. The fourth-order valence-electron chi connectivity index (χ4n) is 2.16. The molecule has 0 aliphatic rings. The Morgan fingerprint density at radius 1 is 1.30 bits per heavy atom. The second-order valence-corrected chi connectivity index (χ2v) is 4.64. The van der Waals surface area contributed by atoms with Gasteiger partial charge in [-0.3, -0.25) is 10.1 Å². The molecule has 2 heterocycles. The van der Waals surface area contributed by atoms with Crippen molar-refractivity contribution in [1.82, 2.24) is 14.5 Å². The van der Waals surface area contributed by atoms with E-state index < -0.39 is 4.92 Å². The maximum Gasteiger partial charge on any atom is 0.271 e. The van der Waals surface area contributed by atoms with Gasteiger partial charge in [-0.15, -0.1) is 0 Å². The topological polar surface area (TPSA) is 73.8 Å². The molecule has 1 aromatic carbocycles. The van der Waals surface area contributed by atoms with Crippen LogP contribution in [0.3, 0.4) is 0 Å². The number of aromatic nitrogens is 3. The number of halogens is 1. The number of fused-ring (bicyclic) bond motifs is 1. The molecule has 2 aromatic heterocycles. The number of nitro groups is 1. The Bertz CT molecular complexity index is 828. The van der Waals surface area contributed by atoms with Gasteiger partial charge in [0.2, 0.25) is 5.28 Å². The summed E-state index contributed by atoms with van der Waals surface area (Å²) in [4.78, 5) is 18.4. The van der Waals surface area contributed by atoms with Gasteiger partial charge < -0.3 is 4.57 Å². The average Bonchev–Trinajstić information content (AvgIpc) is 2.76. The van der Waals surface area contributed by atoms with E-state index in [1.165, 1.54) is 6.07 Å². The highest BCUT2D eigenvalue weighted by Crippen LogP contribution is 2.28. The summed E-state index contributed by atoms with van der Waals surface area (Å²) in [5, 5.41) is 11.9. The summed E-state index contributed by atoms with van der Waals surface area (Å²) in [6.45, 7) is 0. The molecule has 0 fully saturated rings. The highest BCUT2D eigenvalue weighted by Gasteiger charge is 2.13. The molecule has 6 nitrogen and oxygen atoms in total. The molecule has 0 spiro atoms. The van der Waals surface area contributed by atoms with Crippen molar-refractivity contribution >= 4 is 28.2 Å². The molecule has 0 amide bonds. The van der Waals surface area contributed by atoms with Crippen LogP contribution in [0.1, 0.15) is 0 Å². The lowest BCUT2D eigenvalue weighted by Crippen LogP contribution is -1.95. The van der Waals surface area contributed by atoms with Gasteiger partial charge in [-0.05, 0) is 29.8 Å². The molecule has 3 rings (SSSR count). The monoisotopic (exact) mass is 288 g/mol. The molecule has 20 heavy (non-hydrogen) atoms. The van der Waals surface area contributed by atoms with Crippen LogP contribution >= 0.6 is 11.6 Å². The molecule has 0 N–H and O–H groups in total. The molecule has 0 bridgehead atoms. The molecule has 0 aliphatic heterocycles. The van der Waals surface area contributed by atoms with Crippen molar-refractivity contribution in [2.45, 2.75) is 0 Å². The predicted molar refractivity (Wildman–Crippen MR) is 75.6 cm³/mol. The van der Waals surface area contributed by atoms with Gasteiger partial charge in [0.15, 0.2) is 0 Å². The van der Waals surface area contributed by atoms with Crippen LogP contribution < -0.4 is 0 Å². The molecule has 3 aromatic rings. The molecule has 0 radical (unpaired) electrons. The molecule has 0 saturated carbocycles. The molecule has 0 unspecified atom stereocenters. The largest absolute Gasteiger partial charge is 0.342 e. The number of non-ortho nitro benzene ring substituents is 1. The fourth-order valence-corrected chi connectivity index (χ4v) is 2.30. The Balaban J connectivity index is 2.23. The number of nitrogens with zero attached hydrogens (tertiary/aromatic N) is 4. The molecule has 7 heteroatoms. The highest BCUT2D eigenvalue weighted by molar-refractivity contribution is 6.28. The van der Waals surface area contributed by atoms with Crippen LogP contribution in [-0.4, -0.2) is 19.5 Å². The number of aryl methyl sites for hydroxylation is 1. The first kappa shape index (κ1) is 12.6. The van der Waals surface area contributed by atoms with Gasteiger partial charge in [-0.2, -0.15) is 0 Å². The number of hydrogen-bond acceptors (Lipinski definition) is 4. The van der Waals surface area contributed by atoms with Crippen LogP contribution in [-0.2, 0) is 7.05 Å². The maximum atomic E-state index is 10.8. The van der Waals surface area contributed by atoms with Crippen LogP contribution in [0.5, 0.6) is 0 Å². The van der Waals surface area contributed by atoms with Gasteiger partial charge in [0.25, 0.3) is 5.69 Å². The van der Waals surface area contributed by atoms with Crippen molar-refractivity contribution in [1.29, 1.82) is 0 Å². The molecular formula is C13H9ClN4O2. The molecule has 100 valence electrons. The Hall–Kier alpha value is -2.47. The lowest BCUT2D eigenvalue weighted by atomic mass is 10.2. The van der Waals surface area contributed by atoms with Crippen molar-refractivity contribution < 1.29 is 4.92 Å². The molecule has 0 atom stereocenters. The molecule has 0 saturated heterocycles. The van der Waals surface area contributed by atoms with Crippen LogP contribution in [0.15, 0.2) is 36.5 Å². The van der Waals surface area contributed by atoms with E-state index in [1.54, 1.807) is 24.4 Å². The third-order valence-corrected chi connectivity index (χ3v) is 3.31. The summed E-state index contributed by atoms with van der Waals surface area (Å²) < 4.78 is 1.85. The summed E-state index contributed by atoms with van der Waals surface area (Å²) in [5.74, 6) is 0. The van der Waals surface area contributed by atoms with E-state index in [9.17, 15) is 10.1 Å². The van der Waals surface area contributed by atoms with Crippen molar-refractivity contribution in [2.75, 3.05) is 0 Å². The minimum Gasteiger partial charge on any atom is -0.342 e. The second-order valence-electron chi connectivity index (χ2n) is 4.30. The van der Waals surface area contributed by atoms with Crippen LogP contribution in [0.2, 0.25) is 5.28 Å². The van der Waals surface area contributed by atoms with Gasteiger partial charge in [0.1, 0.15) is 0 Å². The molecular weight excluding hydrogens is 280 g/mol. The standard InChI is InChI=1S/C13H9ClN4O2/c1-17-11-7-9(18(19)20)3-2-8(11)6-12(17)10-4-5-15-13(14)16-10/h2-7H,1H3. The first-order valence-electron chi connectivity index (χ1n) is 5.79. The number of rotatable bonds is 2. The minimum absolute atomic E-state index is 0.0611. The van der Waals surface area contributed by atoms with Gasteiger partial charge in [-0.25, -0.2) is 9.97 Å². The van der Waals surface area contributed by atoms with E-state index in [0.29, 0.717) is 5.69 Å². The fraction of sp³-hybridized carbons (Fsp3) is 0.0769. The predicted octanol–water partition coefficient (Wildman–Crippen LogP) is 3.20. The number of benzene rings is 1. The van der Waals surface area contributed by atoms with E-state index in [0.717, 1.165) is 16.6 Å². The Morgan fingerprint density at radius 2 is 2.10 bits per heavy atom. The summed E-state index contributed by atoms with van der Waals surface area (Å²) in [5.41, 5.74) is 2.33. The van der Waals surface area contributed by atoms with E-state index in [2.05, 4.69) is 9.97 Å². The number of nitro benzene ring substituents is 1. The zero-order valence-electron chi connectivity index (χ0n) is 10.4. The van der Waals surface area contributed by atoms with Crippen molar-refractivity contribution in [3.63, 3.8) is 0 Å². The van der Waals surface area contributed by atoms with Crippen LogP contribution in [0, 0.1) is 10.1 Å². The van der Waals surface area contributed by atoms with E-state index in [-0.39, 0.29) is 11.0 Å². The smallest absolute Gasteiger partial charge is 0.271 e. The van der Waals surface area contributed by atoms with E-state index in [1.807, 2.05) is 17.7 Å². The van der Waals surface area contributed by atoms with Gasteiger partial charge in [0.05, 0.1) is 21.8 Å². The third-order valence-electron chi connectivity index (χ3n) is 3.13. The van der Waals surface area contributed by atoms with Crippen LogP contribution in [0.25, 0.3) is 22.3 Å². The summed E-state index contributed by atoms with van der Waals surface area (Å²) >= 11 is 5.79. The maximum absolute atomic E-state index is 10.8. The Morgan fingerprint density at radius 3 is 2.80 bits per heavy atom. The Labute approximate surface area is 118 Å². The second kappa shape index (κ2) is 4.57. The van der Waals surface area contributed by atoms with E-state index >= 15 is 0 Å². The van der Waals surface area contributed by atoms with Crippen LogP contribution in [0.4, 0.5) is 5.69 Å². The zero-order chi connectivity index (χ0) is 14.3. The van der Waals surface area contributed by atoms with Crippen molar-refractivity contribution in [3.05, 3.63) is 51.9 Å². The lowest BCUT2D eigenvalue weighted by molar-refractivity contribution is -0.384. The van der Waals surface area contributed by atoms with Crippen molar-refractivity contribution in [2.24, 2.45) is 7.05 Å². The normalized spacial score (nSPS) is 10.9. The van der Waals surface area contributed by atoms with Gasteiger partial charge in [-0.1, -0.05) is 0 Å². The first-order chi connectivity index (χ1) is 9.56. The van der Waals surface area contributed by atoms with Gasteiger partial charge in [0, 0.05) is 30.8 Å². The average molecular weight is 289 g/mol. The number of hydrogen-bond donors (Lipinski definition) is 0. The highest BCUT2D eigenvalue weighted by atomic mass is 35.5. The first-order valence-corrected chi connectivity index (χ1v) is 6.17. The summed E-state index contributed by atoms with van der Waals surface area (Å²) in [6, 6.07) is 8.41. The van der Waals surface area contributed by atoms with Crippen molar-refractivity contribution in [3.8, 4) is 11.4 Å². The van der Waals surface area contributed by atoms with E-state index in [4.69, 9.17) is 11.6 Å². The SMILES string of the molecule is Cn1c(-c2ccnc(Cl)n2)cc2ccc([N+](=O)[O-])cc21. The molecule has 0 aliphatic carbocycles. The Kier molecular flexibility index (Phi) is 2.87. The summed E-state index contributed by atoms with van der Waals surface area (Å²) in [6.07, 6.45) is 1.57. The van der Waals surface area contributed by atoms with Gasteiger partial charge >= 0.3 is 0 Å². The third kappa shape index (κ3) is 2.00. The lowest BCUT2D eigenvalue weighted by Gasteiger charge is -2.03. The zero-order valence-corrected chi connectivity index (χ0v) is 11.2. The summed E-state index contributed by atoms with van der Waals surface area (Å²) in [7, 11) is 1.83.